The van der Waals surface area contributed by atoms with Gasteiger partial charge in [-0.2, -0.15) is 0 Å². The lowest BCUT2D eigenvalue weighted by molar-refractivity contribution is -0.123. The Hall–Kier alpha value is -1.20. The smallest absolute Gasteiger partial charge is 0.229 e. The highest BCUT2D eigenvalue weighted by atomic mass is 35.5. The molecule has 120 valence electrons. The normalized spacial score (nSPS) is 20.2. The zero-order valence-corrected chi connectivity index (χ0v) is 14.8. The van der Waals surface area contributed by atoms with E-state index in [0.29, 0.717) is 0 Å². The van der Waals surface area contributed by atoms with Gasteiger partial charge in [-0.25, -0.2) is 0 Å². The number of carbonyl (C=O) groups is 1. The number of benzene rings is 1. The number of amidine groups is 1. The summed E-state index contributed by atoms with van der Waals surface area (Å²) < 4.78 is 0. The molecule has 3 rings (SSSR count). The molecule has 0 saturated carbocycles. The molecule has 1 amide bonds. The van der Waals surface area contributed by atoms with Crippen molar-refractivity contribution >= 4 is 40.9 Å². The van der Waals surface area contributed by atoms with Crippen molar-refractivity contribution in [1.29, 1.82) is 0 Å². The van der Waals surface area contributed by atoms with Crippen molar-refractivity contribution in [3.8, 4) is 0 Å². The minimum atomic E-state index is -0.386. The van der Waals surface area contributed by atoms with Crippen LogP contribution in [0.5, 0.6) is 0 Å². The third-order valence-electron chi connectivity index (χ3n) is 3.73. The molecule has 1 atom stereocenters. The fourth-order valence-electron chi connectivity index (χ4n) is 2.43. The van der Waals surface area contributed by atoms with Crippen molar-refractivity contribution in [2.45, 2.75) is 26.8 Å². The second-order valence-electron chi connectivity index (χ2n) is 6.55. The van der Waals surface area contributed by atoms with E-state index in [9.17, 15) is 4.79 Å². The van der Waals surface area contributed by atoms with Gasteiger partial charge in [-0.05, 0) is 17.7 Å². The lowest BCUT2D eigenvalue weighted by Gasteiger charge is -2.18. The summed E-state index contributed by atoms with van der Waals surface area (Å²) in [6.45, 7) is 7.81. The van der Waals surface area contributed by atoms with Gasteiger partial charge in [-0.15, -0.1) is 12.4 Å². The van der Waals surface area contributed by atoms with Gasteiger partial charge in [0.1, 0.15) is 0 Å². The number of thioether (sulfide) groups is 1. The Balaban J connectivity index is 0.00000176. The fourth-order valence-corrected chi connectivity index (χ4v) is 3.47. The van der Waals surface area contributed by atoms with Crippen LogP contribution in [0.3, 0.4) is 0 Å². The zero-order valence-electron chi connectivity index (χ0n) is 13.1. The van der Waals surface area contributed by atoms with Gasteiger partial charge in [0, 0.05) is 29.9 Å². The molecule has 1 aromatic rings. The van der Waals surface area contributed by atoms with Gasteiger partial charge in [0.2, 0.25) is 5.91 Å². The molecular weight excluding hydrogens is 318 g/mol. The van der Waals surface area contributed by atoms with E-state index in [4.69, 9.17) is 4.99 Å². The predicted molar refractivity (Wildman–Crippen MR) is 96.0 cm³/mol. The second-order valence-corrected chi connectivity index (χ2v) is 7.61. The Kier molecular flexibility index (Phi) is 5.07. The van der Waals surface area contributed by atoms with Crippen LogP contribution in [0.1, 0.15) is 32.4 Å². The number of anilines is 1. The number of fused-ring (bicyclic) bond motifs is 1. The van der Waals surface area contributed by atoms with E-state index >= 15 is 0 Å². The van der Waals surface area contributed by atoms with Gasteiger partial charge in [0.05, 0.1) is 6.04 Å². The highest BCUT2D eigenvalue weighted by Gasteiger charge is 2.30. The molecule has 2 aliphatic heterocycles. The van der Waals surface area contributed by atoms with Crippen LogP contribution in [0.15, 0.2) is 29.3 Å². The lowest BCUT2D eigenvalue weighted by atomic mass is 9.95. The van der Waals surface area contributed by atoms with Crippen LogP contribution in [-0.4, -0.2) is 34.8 Å². The largest absolute Gasteiger partial charge is 0.348 e. The van der Waals surface area contributed by atoms with E-state index in [2.05, 4.69) is 16.3 Å². The summed E-state index contributed by atoms with van der Waals surface area (Å²) in [5, 5.41) is 4.16. The van der Waals surface area contributed by atoms with Crippen LogP contribution in [0, 0.1) is 5.41 Å². The summed E-state index contributed by atoms with van der Waals surface area (Å²) >= 11 is 1.84. The SMILES string of the molecule is CC(C)(C)C(=O)Nc1cccc(C2CN3CCSC3=N2)c1.Cl. The maximum absolute atomic E-state index is 12.1. The number of hydrogen-bond acceptors (Lipinski definition) is 4. The van der Waals surface area contributed by atoms with E-state index in [0.717, 1.165) is 24.5 Å². The number of nitrogens with zero attached hydrogens (tertiary/aromatic N) is 2. The minimum Gasteiger partial charge on any atom is -0.348 e. The van der Waals surface area contributed by atoms with Gasteiger partial charge < -0.3 is 10.2 Å². The van der Waals surface area contributed by atoms with Crippen molar-refractivity contribution < 1.29 is 4.79 Å². The molecule has 4 nitrogen and oxygen atoms in total. The van der Waals surface area contributed by atoms with Crippen LogP contribution in [0.2, 0.25) is 0 Å². The maximum Gasteiger partial charge on any atom is 0.229 e. The maximum atomic E-state index is 12.1. The molecule has 22 heavy (non-hydrogen) atoms. The van der Waals surface area contributed by atoms with Crippen molar-refractivity contribution in [1.82, 2.24) is 4.90 Å². The zero-order chi connectivity index (χ0) is 15.0. The van der Waals surface area contributed by atoms with Crippen LogP contribution in [-0.2, 0) is 4.79 Å². The van der Waals surface area contributed by atoms with E-state index < -0.39 is 0 Å². The molecule has 6 heteroatoms. The third-order valence-corrected chi connectivity index (χ3v) is 4.74. The quantitative estimate of drug-likeness (QED) is 0.896. The molecule has 2 heterocycles. The second kappa shape index (κ2) is 6.50. The van der Waals surface area contributed by atoms with Crippen molar-refractivity contribution in [2.75, 3.05) is 24.2 Å². The highest BCUT2D eigenvalue weighted by Crippen LogP contribution is 2.33. The first kappa shape index (κ1) is 17.2. The Morgan fingerprint density at radius 3 is 2.86 bits per heavy atom. The number of amides is 1. The number of carbonyl (C=O) groups excluding carboxylic acids is 1. The van der Waals surface area contributed by atoms with Gasteiger partial charge in [-0.3, -0.25) is 9.79 Å². The highest BCUT2D eigenvalue weighted by molar-refractivity contribution is 8.14. The van der Waals surface area contributed by atoms with Gasteiger partial charge in [0.25, 0.3) is 0 Å². The Labute approximate surface area is 142 Å². The van der Waals surface area contributed by atoms with Gasteiger partial charge >= 0.3 is 0 Å². The average Bonchev–Trinajstić information content (AvgIpc) is 2.98. The molecule has 1 aromatic carbocycles. The summed E-state index contributed by atoms with van der Waals surface area (Å²) in [6.07, 6.45) is 0. The van der Waals surface area contributed by atoms with E-state index in [1.54, 1.807) is 0 Å². The molecule has 1 N–H and O–H groups in total. The Morgan fingerprint density at radius 2 is 2.18 bits per heavy atom. The van der Waals surface area contributed by atoms with Crippen LogP contribution >= 0.6 is 24.2 Å². The molecule has 1 saturated heterocycles. The first-order valence-electron chi connectivity index (χ1n) is 7.30. The first-order valence-corrected chi connectivity index (χ1v) is 8.29. The first-order chi connectivity index (χ1) is 9.93. The summed E-state index contributed by atoms with van der Waals surface area (Å²) in [5.74, 6) is 1.18. The van der Waals surface area contributed by atoms with Crippen LogP contribution < -0.4 is 5.32 Å². The van der Waals surface area contributed by atoms with Crippen molar-refractivity contribution in [2.24, 2.45) is 10.4 Å². The fraction of sp³-hybridized carbons (Fsp3) is 0.500. The summed E-state index contributed by atoms with van der Waals surface area (Å²) in [5.41, 5.74) is 1.64. The molecule has 0 radical (unpaired) electrons. The minimum absolute atomic E-state index is 0. The van der Waals surface area contributed by atoms with Crippen LogP contribution in [0.25, 0.3) is 0 Å². The monoisotopic (exact) mass is 339 g/mol. The summed E-state index contributed by atoms with van der Waals surface area (Å²) in [7, 11) is 0. The number of hydrogen-bond donors (Lipinski definition) is 1. The number of rotatable bonds is 2. The molecule has 0 bridgehead atoms. The molecule has 0 spiro atoms. The molecule has 1 unspecified atom stereocenters. The van der Waals surface area contributed by atoms with Crippen molar-refractivity contribution in [3.63, 3.8) is 0 Å². The van der Waals surface area contributed by atoms with Gasteiger partial charge in [-0.1, -0.05) is 44.7 Å². The summed E-state index contributed by atoms with van der Waals surface area (Å²) in [4.78, 5) is 19.2. The van der Waals surface area contributed by atoms with Crippen molar-refractivity contribution in [3.05, 3.63) is 29.8 Å². The Morgan fingerprint density at radius 1 is 1.41 bits per heavy atom. The molecule has 2 aliphatic rings. The molecule has 1 fully saturated rings. The van der Waals surface area contributed by atoms with E-state index in [1.165, 1.54) is 10.7 Å². The molecule has 0 aliphatic carbocycles. The lowest BCUT2D eigenvalue weighted by Crippen LogP contribution is -2.27. The average molecular weight is 340 g/mol. The van der Waals surface area contributed by atoms with Crippen LogP contribution in [0.4, 0.5) is 5.69 Å². The van der Waals surface area contributed by atoms with E-state index in [1.807, 2.05) is 50.7 Å². The topological polar surface area (TPSA) is 44.7 Å². The number of aliphatic imine (C=N–C) groups is 1. The molecular formula is C16H22ClN3OS. The summed E-state index contributed by atoms with van der Waals surface area (Å²) in [6, 6.07) is 8.26. The third kappa shape index (κ3) is 3.58. The predicted octanol–water partition coefficient (Wildman–Crippen LogP) is 3.55. The van der Waals surface area contributed by atoms with Gasteiger partial charge in [0.15, 0.2) is 5.17 Å². The number of halogens is 1. The Bertz CT molecular complexity index is 597. The molecule has 0 aromatic heterocycles. The van der Waals surface area contributed by atoms with E-state index in [-0.39, 0.29) is 29.8 Å². The standard InChI is InChI=1S/C16H21N3OS.ClH/c1-16(2,3)14(20)17-12-6-4-5-11(9-12)13-10-19-7-8-21-15(19)18-13;/h4-6,9,13H,7-8,10H2,1-3H3,(H,17,20);1H. The number of nitrogens with one attached hydrogen (secondary N) is 1.